The second-order valence-electron chi connectivity index (χ2n) is 6.35. The summed E-state index contributed by atoms with van der Waals surface area (Å²) in [6.07, 6.45) is 3.58. The van der Waals surface area contributed by atoms with E-state index in [1.807, 2.05) is 16.8 Å². The van der Waals surface area contributed by atoms with Crippen LogP contribution in [0.4, 0.5) is 5.95 Å². The molecule has 0 bridgehead atoms. The molecule has 0 saturated carbocycles. The van der Waals surface area contributed by atoms with Gasteiger partial charge in [-0.15, -0.1) is 0 Å². The smallest absolute Gasteiger partial charge is 0.222 e. The Bertz CT molecular complexity index is 856. The summed E-state index contributed by atoms with van der Waals surface area (Å²) in [5.74, 6) is 1.68. The molecule has 0 unspecified atom stereocenters. The van der Waals surface area contributed by atoms with E-state index in [1.165, 1.54) is 16.7 Å². The molecule has 2 aromatic carbocycles. The maximum absolute atomic E-state index is 5.38. The minimum atomic E-state index is 0.167. The molecule has 0 saturated heterocycles. The number of aryl methyl sites for hydroxylation is 1. The van der Waals surface area contributed by atoms with Crippen LogP contribution in [0.5, 0.6) is 5.75 Å². The summed E-state index contributed by atoms with van der Waals surface area (Å²) in [6.45, 7) is 2.17. The van der Waals surface area contributed by atoms with Crippen LogP contribution in [0.2, 0.25) is 0 Å². The van der Waals surface area contributed by atoms with Crippen molar-refractivity contribution in [2.45, 2.75) is 31.8 Å². The van der Waals surface area contributed by atoms with Crippen molar-refractivity contribution in [1.82, 2.24) is 14.8 Å². The molecular weight excluding hydrogens is 312 g/mol. The Labute approximate surface area is 147 Å². The summed E-state index contributed by atoms with van der Waals surface area (Å²) in [6, 6.07) is 17.4. The number of nitrogens with zero attached hydrogens (tertiary/aromatic N) is 3. The van der Waals surface area contributed by atoms with E-state index in [0.29, 0.717) is 0 Å². The van der Waals surface area contributed by atoms with Crippen molar-refractivity contribution < 1.29 is 4.74 Å². The highest BCUT2D eigenvalue weighted by Gasteiger charge is 2.30. The van der Waals surface area contributed by atoms with E-state index in [1.54, 1.807) is 13.4 Å². The molecule has 2 heterocycles. The lowest BCUT2D eigenvalue weighted by molar-refractivity contribution is 0.410. The monoisotopic (exact) mass is 334 g/mol. The van der Waals surface area contributed by atoms with Gasteiger partial charge in [-0.3, -0.25) is 0 Å². The van der Waals surface area contributed by atoms with Crippen LogP contribution in [-0.2, 0) is 6.42 Å². The molecule has 5 heteroatoms. The Kier molecular flexibility index (Phi) is 4.14. The van der Waals surface area contributed by atoms with Gasteiger partial charge in [0.05, 0.1) is 19.2 Å². The quantitative estimate of drug-likeness (QED) is 0.784. The van der Waals surface area contributed by atoms with E-state index in [0.717, 1.165) is 24.5 Å². The van der Waals surface area contributed by atoms with Gasteiger partial charge < -0.3 is 10.1 Å². The number of aromatic nitrogens is 3. The minimum Gasteiger partial charge on any atom is -0.497 e. The number of rotatable bonds is 4. The van der Waals surface area contributed by atoms with E-state index in [9.17, 15) is 0 Å². The normalized spacial score (nSPS) is 19.1. The first-order valence-electron chi connectivity index (χ1n) is 8.67. The van der Waals surface area contributed by atoms with Crippen molar-refractivity contribution in [3.63, 3.8) is 0 Å². The molecule has 1 aliphatic heterocycles. The highest BCUT2D eigenvalue weighted by molar-refractivity contribution is 5.40. The zero-order valence-corrected chi connectivity index (χ0v) is 14.5. The molecule has 0 amide bonds. The van der Waals surface area contributed by atoms with E-state index >= 15 is 0 Å². The third-order valence-electron chi connectivity index (χ3n) is 4.90. The molecule has 2 atom stereocenters. The highest BCUT2D eigenvalue weighted by Crippen LogP contribution is 2.38. The summed E-state index contributed by atoms with van der Waals surface area (Å²) >= 11 is 0. The third kappa shape index (κ3) is 2.97. The van der Waals surface area contributed by atoms with E-state index in [2.05, 4.69) is 58.7 Å². The van der Waals surface area contributed by atoms with Crippen molar-refractivity contribution in [3.05, 3.63) is 71.5 Å². The van der Waals surface area contributed by atoms with Crippen LogP contribution < -0.4 is 10.1 Å². The molecule has 128 valence electrons. The van der Waals surface area contributed by atoms with E-state index in [-0.39, 0.29) is 12.1 Å². The Balaban J connectivity index is 1.69. The molecule has 1 aromatic heterocycles. The highest BCUT2D eigenvalue weighted by atomic mass is 16.5. The number of hydrogen-bond donors (Lipinski definition) is 1. The third-order valence-corrected chi connectivity index (χ3v) is 4.90. The minimum absolute atomic E-state index is 0.167. The Hall–Kier alpha value is -2.82. The number of fused-ring (bicyclic) bond motifs is 1. The van der Waals surface area contributed by atoms with Gasteiger partial charge in [0.15, 0.2) is 0 Å². The van der Waals surface area contributed by atoms with Gasteiger partial charge in [0.25, 0.3) is 0 Å². The van der Waals surface area contributed by atoms with Gasteiger partial charge in [-0.05, 0) is 41.7 Å². The average Bonchev–Trinajstić information content (AvgIpc) is 3.16. The number of hydrogen-bond acceptors (Lipinski definition) is 4. The number of anilines is 1. The van der Waals surface area contributed by atoms with E-state index < -0.39 is 0 Å². The molecule has 1 N–H and O–H groups in total. The predicted octanol–water partition coefficient (Wildman–Crippen LogP) is 4.00. The van der Waals surface area contributed by atoms with E-state index in [4.69, 9.17) is 4.74 Å². The second kappa shape index (κ2) is 6.59. The van der Waals surface area contributed by atoms with Crippen LogP contribution in [0.25, 0.3) is 0 Å². The van der Waals surface area contributed by atoms with Gasteiger partial charge in [-0.2, -0.15) is 10.1 Å². The maximum atomic E-state index is 5.38. The van der Waals surface area contributed by atoms with Gasteiger partial charge in [-0.25, -0.2) is 4.68 Å². The van der Waals surface area contributed by atoms with Gasteiger partial charge in [0.2, 0.25) is 5.95 Å². The second-order valence-corrected chi connectivity index (χ2v) is 6.35. The Morgan fingerprint density at radius 3 is 2.76 bits per heavy atom. The molecule has 0 fully saturated rings. The molecule has 3 aromatic rings. The van der Waals surface area contributed by atoms with Crippen molar-refractivity contribution in [3.8, 4) is 5.75 Å². The Morgan fingerprint density at radius 1 is 1.16 bits per heavy atom. The fourth-order valence-electron chi connectivity index (χ4n) is 3.45. The van der Waals surface area contributed by atoms with Crippen LogP contribution in [0.1, 0.15) is 42.1 Å². The van der Waals surface area contributed by atoms with Crippen LogP contribution >= 0.6 is 0 Å². The van der Waals surface area contributed by atoms with Crippen molar-refractivity contribution in [2.75, 3.05) is 12.4 Å². The zero-order chi connectivity index (χ0) is 17.2. The first-order chi connectivity index (χ1) is 12.3. The number of ether oxygens (including phenoxy) is 1. The van der Waals surface area contributed by atoms with Crippen LogP contribution in [-0.4, -0.2) is 21.9 Å². The maximum Gasteiger partial charge on any atom is 0.222 e. The number of methoxy groups -OCH3 is 1. The fraction of sp³-hybridized carbons (Fsp3) is 0.300. The number of benzene rings is 2. The van der Waals surface area contributed by atoms with Crippen molar-refractivity contribution in [1.29, 1.82) is 0 Å². The Morgan fingerprint density at radius 2 is 2.00 bits per heavy atom. The molecule has 0 radical (unpaired) electrons. The number of nitrogens with one attached hydrogen (secondary N) is 1. The van der Waals surface area contributed by atoms with Crippen molar-refractivity contribution >= 4 is 5.95 Å². The van der Waals surface area contributed by atoms with Gasteiger partial charge in [0, 0.05) is 0 Å². The SMILES string of the molecule is CCc1ccc([C@@H]2C[C@@H](c3cccc(OC)c3)Nc3ncnn32)cc1. The molecule has 4 rings (SSSR count). The van der Waals surface area contributed by atoms with Gasteiger partial charge in [-0.1, -0.05) is 43.3 Å². The van der Waals surface area contributed by atoms with Crippen LogP contribution in [0.15, 0.2) is 54.9 Å². The summed E-state index contributed by atoms with van der Waals surface area (Å²) in [5.41, 5.74) is 3.81. The lowest BCUT2D eigenvalue weighted by Gasteiger charge is -2.32. The lowest BCUT2D eigenvalue weighted by Crippen LogP contribution is -2.28. The first kappa shape index (κ1) is 15.7. The van der Waals surface area contributed by atoms with Crippen LogP contribution in [0, 0.1) is 0 Å². The van der Waals surface area contributed by atoms with Gasteiger partial charge in [0.1, 0.15) is 12.1 Å². The molecular formula is C20H22N4O. The zero-order valence-electron chi connectivity index (χ0n) is 14.5. The molecule has 25 heavy (non-hydrogen) atoms. The molecule has 1 aliphatic rings. The average molecular weight is 334 g/mol. The van der Waals surface area contributed by atoms with Crippen molar-refractivity contribution in [2.24, 2.45) is 0 Å². The molecule has 5 nitrogen and oxygen atoms in total. The first-order valence-corrected chi connectivity index (χ1v) is 8.67. The summed E-state index contributed by atoms with van der Waals surface area (Å²) in [4.78, 5) is 4.39. The van der Waals surface area contributed by atoms with Gasteiger partial charge >= 0.3 is 0 Å². The predicted molar refractivity (Wildman–Crippen MR) is 98.0 cm³/mol. The summed E-state index contributed by atoms with van der Waals surface area (Å²) in [5, 5.41) is 7.94. The topological polar surface area (TPSA) is 52.0 Å². The largest absolute Gasteiger partial charge is 0.497 e. The molecule has 0 spiro atoms. The summed E-state index contributed by atoms with van der Waals surface area (Å²) in [7, 11) is 1.70. The lowest BCUT2D eigenvalue weighted by atomic mass is 9.92. The molecule has 0 aliphatic carbocycles. The fourth-order valence-corrected chi connectivity index (χ4v) is 3.45. The summed E-state index contributed by atoms with van der Waals surface area (Å²) < 4.78 is 7.36. The standard InChI is InChI=1S/C20H22N4O/c1-3-14-7-9-15(10-8-14)19-12-18(23-20-21-13-22-24(19)20)16-5-4-6-17(11-16)25-2/h4-11,13,18-19H,3,12H2,1-2H3,(H,21,22,23)/t18-,19-/m0/s1. The van der Waals surface area contributed by atoms with Crippen LogP contribution in [0.3, 0.4) is 0 Å².